The highest BCUT2D eigenvalue weighted by Crippen LogP contribution is 2.14. The number of carbonyl (C=O) groups is 2. The van der Waals surface area contributed by atoms with Gasteiger partial charge in [-0.3, -0.25) is 9.59 Å². The molecule has 2 unspecified atom stereocenters. The molecule has 21 heavy (non-hydrogen) atoms. The lowest BCUT2D eigenvalue weighted by molar-refractivity contribution is -0.148. The van der Waals surface area contributed by atoms with Crippen LogP contribution >= 0.6 is 0 Å². The van der Waals surface area contributed by atoms with Gasteiger partial charge in [-0.1, -0.05) is 30.3 Å². The Morgan fingerprint density at radius 3 is 2.67 bits per heavy atom. The summed E-state index contributed by atoms with van der Waals surface area (Å²) in [5.74, 6) is 2.43. The monoisotopic (exact) mass is 284 g/mol. The lowest BCUT2D eigenvalue weighted by Crippen LogP contribution is -2.63. The average molecular weight is 284 g/mol. The Hall–Kier alpha value is -2.28. The first-order valence-electron chi connectivity index (χ1n) is 7.21. The number of carbonyl (C=O) groups excluding carboxylic acids is 2. The van der Waals surface area contributed by atoms with Crippen molar-refractivity contribution in [2.75, 3.05) is 6.54 Å². The molecule has 0 aromatic heterocycles. The van der Waals surface area contributed by atoms with Gasteiger partial charge in [0.15, 0.2) is 0 Å². The minimum Gasteiger partial charge on any atom is -0.342 e. The molecular weight excluding hydrogens is 264 g/mol. The minimum absolute atomic E-state index is 0.0250. The summed E-state index contributed by atoms with van der Waals surface area (Å²) in [5.41, 5.74) is 1.04. The topological polar surface area (TPSA) is 49.4 Å². The first kappa shape index (κ1) is 15.1. The largest absolute Gasteiger partial charge is 0.342 e. The molecule has 1 aromatic carbocycles. The van der Waals surface area contributed by atoms with Gasteiger partial charge in [-0.2, -0.15) is 0 Å². The van der Waals surface area contributed by atoms with Crippen LogP contribution in [0.3, 0.4) is 0 Å². The maximum Gasteiger partial charge on any atom is 0.246 e. The van der Waals surface area contributed by atoms with E-state index in [4.69, 9.17) is 6.42 Å². The number of terminal acetylenes is 1. The Morgan fingerprint density at radius 1 is 1.29 bits per heavy atom. The Kier molecular flexibility index (Phi) is 4.99. The fourth-order valence-electron chi connectivity index (χ4n) is 2.53. The predicted octanol–water partition coefficient (Wildman–Crippen LogP) is 1.36. The third-order valence-corrected chi connectivity index (χ3v) is 3.75. The van der Waals surface area contributed by atoms with Crippen molar-refractivity contribution in [3.63, 3.8) is 0 Å². The van der Waals surface area contributed by atoms with Gasteiger partial charge in [0, 0.05) is 19.4 Å². The van der Waals surface area contributed by atoms with Crippen LogP contribution in [0.2, 0.25) is 0 Å². The maximum atomic E-state index is 12.5. The number of rotatable bonds is 5. The third kappa shape index (κ3) is 3.63. The van der Waals surface area contributed by atoms with E-state index in [9.17, 15) is 9.59 Å². The fraction of sp³-hybridized carbons (Fsp3) is 0.412. The smallest absolute Gasteiger partial charge is 0.246 e. The number of hydrogen-bond acceptors (Lipinski definition) is 2. The number of unbranched alkanes of at least 4 members (excludes halogenated alkanes) is 1. The summed E-state index contributed by atoms with van der Waals surface area (Å²) in [6.07, 6.45) is 7.09. The lowest BCUT2D eigenvalue weighted by Gasteiger charge is -2.37. The number of hydrogen-bond donors (Lipinski definition) is 1. The van der Waals surface area contributed by atoms with Gasteiger partial charge >= 0.3 is 0 Å². The molecule has 1 fully saturated rings. The molecule has 2 rings (SSSR count). The molecule has 0 aliphatic carbocycles. The van der Waals surface area contributed by atoms with Gasteiger partial charge < -0.3 is 10.2 Å². The molecular formula is C17H20N2O2. The molecule has 110 valence electrons. The fourth-order valence-corrected chi connectivity index (χ4v) is 2.53. The molecule has 0 bridgehead atoms. The minimum atomic E-state index is -0.484. The van der Waals surface area contributed by atoms with Crippen LogP contribution in [-0.4, -0.2) is 35.3 Å². The molecule has 1 heterocycles. The summed E-state index contributed by atoms with van der Waals surface area (Å²) in [4.78, 5) is 26.2. The van der Waals surface area contributed by atoms with Gasteiger partial charge in [-0.25, -0.2) is 0 Å². The molecule has 0 radical (unpaired) electrons. The van der Waals surface area contributed by atoms with Crippen molar-refractivity contribution < 1.29 is 9.59 Å². The van der Waals surface area contributed by atoms with Crippen LogP contribution in [0.1, 0.15) is 25.3 Å². The van der Waals surface area contributed by atoms with Gasteiger partial charge in [0.25, 0.3) is 0 Å². The molecule has 2 atom stereocenters. The molecule has 0 saturated carbocycles. The third-order valence-electron chi connectivity index (χ3n) is 3.75. The van der Waals surface area contributed by atoms with Gasteiger partial charge in [0.2, 0.25) is 11.8 Å². The standard InChI is InChI=1S/C17H20N2O2/c1-3-4-8-11-19-13(2)16(20)18-15(17(19)21)12-14-9-6-5-7-10-14/h1,5-7,9-10,13,15H,4,8,11-12H2,2H3,(H,18,20). The summed E-state index contributed by atoms with van der Waals surface area (Å²) < 4.78 is 0. The second-order valence-electron chi connectivity index (χ2n) is 5.27. The molecule has 1 aliphatic rings. The number of benzene rings is 1. The number of nitrogens with zero attached hydrogens (tertiary/aromatic N) is 1. The van der Waals surface area contributed by atoms with E-state index >= 15 is 0 Å². The van der Waals surface area contributed by atoms with E-state index in [0.717, 1.165) is 12.0 Å². The molecule has 1 N–H and O–H groups in total. The second kappa shape index (κ2) is 6.94. The quantitative estimate of drug-likeness (QED) is 0.655. The molecule has 1 aliphatic heterocycles. The number of piperazine rings is 1. The zero-order chi connectivity index (χ0) is 15.2. The molecule has 2 amide bonds. The summed E-state index contributed by atoms with van der Waals surface area (Å²) in [6.45, 7) is 2.28. The van der Waals surface area contributed by atoms with Gasteiger partial charge in [-0.05, 0) is 18.9 Å². The van der Waals surface area contributed by atoms with Crippen molar-refractivity contribution in [3.05, 3.63) is 35.9 Å². The van der Waals surface area contributed by atoms with Crippen LogP contribution in [0.25, 0.3) is 0 Å². The van der Waals surface area contributed by atoms with Gasteiger partial charge in [-0.15, -0.1) is 12.3 Å². The zero-order valence-electron chi connectivity index (χ0n) is 12.2. The number of nitrogens with one attached hydrogen (secondary N) is 1. The SMILES string of the molecule is C#CCCCN1C(=O)C(Cc2ccccc2)NC(=O)C1C. The first-order valence-corrected chi connectivity index (χ1v) is 7.21. The normalized spacial score (nSPS) is 21.8. The maximum absolute atomic E-state index is 12.5. The first-order chi connectivity index (χ1) is 10.1. The highest BCUT2D eigenvalue weighted by Gasteiger charge is 2.37. The molecule has 4 heteroatoms. The summed E-state index contributed by atoms with van der Waals surface area (Å²) in [7, 11) is 0. The van der Waals surface area contributed by atoms with Crippen LogP contribution < -0.4 is 5.32 Å². The Balaban J connectivity index is 2.07. The lowest BCUT2D eigenvalue weighted by atomic mass is 10.0. The van der Waals surface area contributed by atoms with Gasteiger partial charge in [0.05, 0.1) is 0 Å². The number of amides is 2. The Morgan fingerprint density at radius 2 is 2.00 bits per heavy atom. The highest BCUT2D eigenvalue weighted by atomic mass is 16.2. The molecule has 1 saturated heterocycles. The van der Waals surface area contributed by atoms with E-state index in [0.29, 0.717) is 19.4 Å². The van der Waals surface area contributed by atoms with Crippen molar-refractivity contribution >= 4 is 11.8 Å². The van der Waals surface area contributed by atoms with Crippen molar-refractivity contribution in [2.45, 2.75) is 38.3 Å². The van der Waals surface area contributed by atoms with Crippen molar-refractivity contribution in [3.8, 4) is 12.3 Å². The van der Waals surface area contributed by atoms with Crippen LogP contribution in [0.5, 0.6) is 0 Å². The van der Waals surface area contributed by atoms with Crippen molar-refractivity contribution in [1.82, 2.24) is 10.2 Å². The van der Waals surface area contributed by atoms with E-state index < -0.39 is 12.1 Å². The highest BCUT2D eigenvalue weighted by molar-refractivity contribution is 5.96. The van der Waals surface area contributed by atoms with Crippen molar-refractivity contribution in [1.29, 1.82) is 0 Å². The van der Waals surface area contributed by atoms with Gasteiger partial charge in [0.1, 0.15) is 12.1 Å². The average Bonchev–Trinajstić information content (AvgIpc) is 2.49. The Labute approximate surface area is 125 Å². The van der Waals surface area contributed by atoms with Crippen LogP contribution in [-0.2, 0) is 16.0 Å². The van der Waals surface area contributed by atoms with Crippen LogP contribution in [0, 0.1) is 12.3 Å². The predicted molar refractivity (Wildman–Crippen MR) is 81.3 cm³/mol. The van der Waals surface area contributed by atoms with E-state index in [1.54, 1.807) is 11.8 Å². The van der Waals surface area contributed by atoms with Crippen LogP contribution in [0.4, 0.5) is 0 Å². The van der Waals surface area contributed by atoms with Crippen molar-refractivity contribution in [2.24, 2.45) is 0 Å². The van der Waals surface area contributed by atoms with E-state index in [1.165, 1.54) is 0 Å². The van der Waals surface area contributed by atoms with Crippen LogP contribution in [0.15, 0.2) is 30.3 Å². The molecule has 4 nitrogen and oxygen atoms in total. The van der Waals surface area contributed by atoms with E-state index in [-0.39, 0.29) is 11.8 Å². The Bertz CT molecular complexity index is 548. The molecule has 0 spiro atoms. The summed E-state index contributed by atoms with van der Waals surface area (Å²) in [6, 6.07) is 8.79. The van der Waals surface area contributed by atoms with E-state index in [1.807, 2.05) is 30.3 Å². The zero-order valence-corrected chi connectivity index (χ0v) is 12.2. The summed E-state index contributed by atoms with van der Waals surface area (Å²) in [5, 5.41) is 2.81. The second-order valence-corrected chi connectivity index (χ2v) is 5.27. The molecule has 1 aromatic rings. The summed E-state index contributed by atoms with van der Waals surface area (Å²) >= 11 is 0. The van der Waals surface area contributed by atoms with E-state index in [2.05, 4.69) is 11.2 Å².